The van der Waals surface area contributed by atoms with Crippen LogP contribution >= 0.6 is 11.3 Å². The first-order valence-electron chi connectivity index (χ1n) is 5.58. The maximum atomic E-state index is 11.0. The van der Waals surface area contributed by atoms with E-state index in [9.17, 15) is 10.1 Å². The largest absolute Gasteiger partial charge is 0.372 e. The summed E-state index contributed by atoms with van der Waals surface area (Å²) >= 11 is 1.38. The molecule has 0 amide bonds. The number of fused-ring (bicyclic) bond motifs is 1. The second-order valence-corrected chi connectivity index (χ2v) is 5.05. The lowest BCUT2D eigenvalue weighted by Crippen LogP contribution is -2.16. The van der Waals surface area contributed by atoms with Gasteiger partial charge in [0.05, 0.1) is 0 Å². The van der Waals surface area contributed by atoms with Gasteiger partial charge in [-0.25, -0.2) is 0 Å². The molecule has 8 heteroatoms. The third-order valence-electron chi connectivity index (χ3n) is 2.48. The molecule has 0 saturated heterocycles. The SMILES string of the molecule is CN(C)CCCNc1nc2sccn2c1[N+](=O)[O-]. The van der Waals surface area contributed by atoms with Gasteiger partial charge in [0.1, 0.15) is 6.20 Å². The molecule has 0 spiro atoms. The van der Waals surface area contributed by atoms with Crippen LogP contribution in [0.2, 0.25) is 0 Å². The molecule has 7 nitrogen and oxygen atoms in total. The van der Waals surface area contributed by atoms with E-state index in [2.05, 4.69) is 15.2 Å². The van der Waals surface area contributed by atoms with Crippen molar-refractivity contribution in [3.63, 3.8) is 0 Å². The van der Waals surface area contributed by atoms with Crippen molar-refractivity contribution in [3.05, 3.63) is 21.7 Å². The van der Waals surface area contributed by atoms with Crippen LogP contribution in [0.5, 0.6) is 0 Å². The molecule has 0 atom stereocenters. The molecule has 18 heavy (non-hydrogen) atoms. The fourth-order valence-corrected chi connectivity index (χ4v) is 2.38. The molecule has 0 bridgehead atoms. The summed E-state index contributed by atoms with van der Waals surface area (Å²) in [6.07, 6.45) is 2.57. The molecule has 0 radical (unpaired) electrons. The molecular formula is C10H15N5O2S. The van der Waals surface area contributed by atoms with E-state index in [1.54, 1.807) is 11.6 Å². The molecule has 0 aromatic carbocycles. The van der Waals surface area contributed by atoms with Gasteiger partial charge in [0.2, 0.25) is 5.82 Å². The van der Waals surface area contributed by atoms with Crippen molar-refractivity contribution < 1.29 is 4.92 Å². The predicted octanol–water partition coefficient (Wildman–Crippen LogP) is 1.67. The summed E-state index contributed by atoms with van der Waals surface area (Å²) < 4.78 is 1.50. The molecule has 0 aliphatic rings. The molecule has 0 unspecified atom stereocenters. The Morgan fingerprint density at radius 2 is 2.39 bits per heavy atom. The highest BCUT2D eigenvalue weighted by molar-refractivity contribution is 7.15. The number of nitrogens with one attached hydrogen (secondary N) is 1. The Balaban J connectivity index is 2.10. The van der Waals surface area contributed by atoms with Crippen molar-refractivity contribution in [2.24, 2.45) is 0 Å². The number of nitro groups is 1. The summed E-state index contributed by atoms with van der Waals surface area (Å²) in [6, 6.07) is 0. The number of hydrogen-bond acceptors (Lipinski definition) is 6. The topological polar surface area (TPSA) is 75.7 Å². The van der Waals surface area contributed by atoms with Crippen molar-refractivity contribution in [2.75, 3.05) is 32.5 Å². The number of thiazole rings is 1. The van der Waals surface area contributed by atoms with Crippen LogP contribution in [0.15, 0.2) is 11.6 Å². The first kappa shape index (κ1) is 12.8. The molecule has 0 aliphatic carbocycles. The Labute approximate surface area is 108 Å². The molecule has 2 rings (SSSR count). The van der Waals surface area contributed by atoms with Crippen LogP contribution in [-0.4, -0.2) is 46.4 Å². The van der Waals surface area contributed by atoms with Crippen LogP contribution in [0.25, 0.3) is 4.96 Å². The van der Waals surface area contributed by atoms with Gasteiger partial charge in [-0.3, -0.25) is 0 Å². The summed E-state index contributed by atoms with van der Waals surface area (Å²) in [5.41, 5.74) is 0. The van der Waals surface area contributed by atoms with Gasteiger partial charge in [0.25, 0.3) is 4.96 Å². The third-order valence-corrected chi connectivity index (χ3v) is 3.24. The first-order chi connectivity index (χ1) is 8.59. The van der Waals surface area contributed by atoms with Gasteiger partial charge in [-0.2, -0.15) is 9.38 Å². The van der Waals surface area contributed by atoms with E-state index in [1.807, 2.05) is 14.1 Å². The molecule has 98 valence electrons. The lowest BCUT2D eigenvalue weighted by Gasteiger charge is -2.09. The maximum Gasteiger partial charge on any atom is 0.372 e. The zero-order valence-electron chi connectivity index (χ0n) is 10.3. The number of rotatable bonds is 6. The van der Waals surface area contributed by atoms with Crippen LogP contribution in [0.3, 0.4) is 0 Å². The van der Waals surface area contributed by atoms with Gasteiger partial charge < -0.3 is 20.3 Å². The second-order valence-electron chi connectivity index (χ2n) is 4.18. The van der Waals surface area contributed by atoms with E-state index < -0.39 is 4.92 Å². The summed E-state index contributed by atoms with van der Waals surface area (Å²) in [4.78, 5) is 17.6. The first-order valence-corrected chi connectivity index (χ1v) is 6.46. The minimum atomic E-state index is -0.402. The fourth-order valence-electron chi connectivity index (χ4n) is 1.67. The molecule has 2 aromatic heterocycles. The number of anilines is 1. The third kappa shape index (κ3) is 2.59. The molecular weight excluding hydrogens is 254 g/mol. The van der Waals surface area contributed by atoms with Crippen molar-refractivity contribution in [3.8, 4) is 0 Å². The summed E-state index contributed by atoms with van der Waals surface area (Å²) in [5.74, 6) is 0.363. The predicted molar refractivity (Wildman–Crippen MR) is 71.4 cm³/mol. The Morgan fingerprint density at radius 3 is 3.06 bits per heavy atom. The van der Waals surface area contributed by atoms with Crippen molar-refractivity contribution in [1.29, 1.82) is 0 Å². The van der Waals surface area contributed by atoms with Crippen molar-refractivity contribution in [1.82, 2.24) is 14.3 Å². The van der Waals surface area contributed by atoms with E-state index in [-0.39, 0.29) is 5.82 Å². The standard InChI is InChI=1S/C10H15N5O2S/c1-13(2)5-3-4-11-8-9(15(16)17)14-6-7-18-10(14)12-8/h6-7,11H,3-5H2,1-2H3. The molecule has 0 saturated carbocycles. The minimum Gasteiger partial charge on any atom is -0.363 e. The van der Waals surface area contributed by atoms with E-state index in [4.69, 9.17) is 0 Å². The van der Waals surface area contributed by atoms with Gasteiger partial charge in [-0.15, -0.1) is 0 Å². The highest BCUT2D eigenvalue weighted by atomic mass is 32.1. The van der Waals surface area contributed by atoms with Crippen LogP contribution < -0.4 is 5.32 Å². The maximum absolute atomic E-state index is 11.0. The Hall–Kier alpha value is -1.67. The zero-order chi connectivity index (χ0) is 13.1. The quantitative estimate of drug-likeness (QED) is 0.490. The lowest BCUT2D eigenvalue weighted by molar-refractivity contribution is -0.389. The van der Waals surface area contributed by atoms with E-state index in [1.165, 1.54) is 15.7 Å². The summed E-state index contributed by atoms with van der Waals surface area (Å²) in [5, 5.41) is 15.9. The van der Waals surface area contributed by atoms with E-state index >= 15 is 0 Å². The molecule has 1 N–H and O–H groups in total. The molecule has 2 aromatic rings. The second kappa shape index (κ2) is 5.32. The lowest BCUT2D eigenvalue weighted by atomic mass is 10.4. The van der Waals surface area contributed by atoms with Gasteiger partial charge in [0.15, 0.2) is 0 Å². The smallest absolute Gasteiger partial charge is 0.363 e. The normalized spacial score (nSPS) is 11.3. The van der Waals surface area contributed by atoms with Gasteiger partial charge >= 0.3 is 5.82 Å². The van der Waals surface area contributed by atoms with E-state index in [0.717, 1.165) is 13.0 Å². The fraction of sp³-hybridized carbons (Fsp3) is 0.500. The van der Waals surface area contributed by atoms with Gasteiger partial charge in [0, 0.05) is 11.9 Å². The number of nitrogens with zero attached hydrogens (tertiary/aromatic N) is 4. The molecule has 2 heterocycles. The van der Waals surface area contributed by atoms with E-state index in [0.29, 0.717) is 17.3 Å². The van der Waals surface area contributed by atoms with Crippen LogP contribution in [0, 0.1) is 10.1 Å². The van der Waals surface area contributed by atoms with Crippen LogP contribution in [0.4, 0.5) is 11.6 Å². The number of hydrogen-bond donors (Lipinski definition) is 1. The Bertz CT molecular complexity index is 547. The Morgan fingerprint density at radius 1 is 1.61 bits per heavy atom. The van der Waals surface area contributed by atoms with Crippen molar-refractivity contribution >= 4 is 27.9 Å². The highest BCUT2D eigenvalue weighted by Crippen LogP contribution is 2.27. The van der Waals surface area contributed by atoms with Gasteiger partial charge in [-0.1, -0.05) is 11.3 Å². The number of imidazole rings is 1. The monoisotopic (exact) mass is 269 g/mol. The zero-order valence-corrected chi connectivity index (χ0v) is 11.1. The average molecular weight is 269 g/mol. The highest BCUT2D eigenvalue weighted by Gasteiger charge is 2.22. The van der Waals surface area contributed by atoms with Crippen LogP contribution in [0.1, 0.15) is 6.42 Å². The average Bonchev–Trinajstić information content (AvgIpc) is 2.82. The molecule has 0 fully saturated rings. The van der Waals surface area contributed by atoms with Crippen molar-refractivity contribution in [2.45, 2.75) is 6.42 Å². The number of aromatic nitrogens is 2. The summed E-state index contributed by atoms with van der Waals surface area (Å²) in [6.45, 7) is 1.60. The molecule has 0 aliphatic heterocycles. The van der Waals surface area contributed by atoms with Gasteiger partial charge in [-0.05, 0) is 32.0 Å². The van der Waals surface area contributed by atoms with Crippen LogP contribution in [-0.2, 0) is 0 Å². The summed E-state index contributed by atoms with van der Waals surface area (Å²) in [7, 11) is 3.99. The minimum absolute atomic E-state index is 0.0103. The Kier molecular flexibility index (Phi) is 3.78.